The van der Waals surface area contributed by atoms with Crippen LogP contribution < -0.4 is 5.32 Å². The van der Waals surface area contributed by atoms with Crippen LogP contribution in [0.2, 0.25) is 0 Å². The molecule has 2 N–H and O–H groups in total. The average Bonchev–Trinajstić information content (AvgIpc) is 2.88. The van der Waals surface area contributed by atoms with Crippen LogP contribution in [0.5, 0.6) is 0 Å². The van der Waals surface area contributed by atoms with E-state index in [0.717, 1.165) is 0 Å². The quantitative estimate of drug-likeness (QED) is 0.503. The van der Waals surface area contributed by atoms with Gasteiger partial charge >= 0.3 is 12.1 Å². The number of esters is 1. The number of aromatic amines is 1. The summed E-state index contributed by atoms with van der Waals surface area (Å²) in [6, 6.07) is 4.87. The molecule has 1 aromatic carbocycles. The number of carbonyl (C=O) groups excluding carboxylic acids is 2. The van der Waals surface area contributed by atoms with Crippen molar-refractivity contribution in [3.05, 3.63) is 23.8 Å². The molecule has 2 rings (SSSR count). The van der Waals surface area contributed by atoms with Gasteiger partial charge in [0.25, 0.3) is 0 Å². The molecule has 21 heavy (non-hydrogen) atoms. The molecule has 112 valence electrons. The average molecular weight is 312 g/mol. The molecule has 0 aliphatic rings. The van der Waals surface area contributed by atoms with E-state index >= 15 is 0 Å². The fourth-order valence-corrected chi connectivity index (χ4v) is 1.76. The molecule has 1 aromatic heterocycles. The van der Waals surface area contributed by atoms with Gasteiger partial charge in [-0.3, -0.25) is 5.32 Å². The Kier molecular flexibility index (Phi) is 4.99. The number of halogens is 1. The van der Waals surface area contributed by atoms with Crippen molar-refractivity contribution < 1.29 is 19.1 Å². The van der Waals surface area contributed by atoms with Gasteiger partial charge in [0.1, 0.15) is 0 Å². The highest BCUT2D eigenvalue weighted by atomic mass is 35.5. The molecule has 0 aliphatic heterocycles. The number of hydrogen-bond acceptors (Lipinski definition) is 5. The largest absolute Gasteiger partial charge is 0.462 e. The Morgan fingerprint density at radius 2 is 2.24 bits per heavy atom. The fourth-order valence-electron chi connectivity index (χ4n) is 1.65. The number of fused-ring (bicyclic) bond motifs is 1. The van der Waals surface area contributed by atoms with Crippen LogP contribution in [-0.4, -0.2) is 41.6 Å². The third-order valence-corrected chi connectivity index (χ3v) is 2.90. The minimum absolute atomic E-state index is 0.240. The Balaban J connectivity index is 2.13. The zero-order chi connectivity index (χ0) is 15.2. The highest BCUT2D eigenvalue weighted by Crippen LogP contribution is 2.17. The predicted molar refractivity (Wildman–Crippen MR) is 77.7 cm³/mol. The number of H-pyrrole nitrogens is 1. The Morgan fingerprint density at radius 3 is 2.95 bits per heavy atom. The first-order valence-electron chi connectivity index (χ1n) is 6.22. The SMILES string of the molecule is COC(=O)Nc1nc2ccc(C(=O)OCCCCl)cc2[nH]1. The van der Waals surface area contributed by atoms with E-state index in [1.807, 2.05) is 0 Å². The van der Waals surface area contributed by atoms with Gasteiger partial charge in [0.15, 0.2) is 0 Å². The van der Waals surface area contributed by atoms with Crippen LogP contribution in [0.25, 0.3) is 11.0 Å². The Morgan fingerprint density at radius 1 is 1.43 bits per heavy atom. The van der Waals surface area contributed by atoms with E-state index in [2.05, 4.69) is 20.0 Å². The van der Waals surface area contributed by atoms with Crippen molar-refractivity contribution in [2.75, 3.05) is 24.9 Å². The Hall–Kier alpha value is -2.28. The zero-order valence-electron chi connectivity index (χ0n) is 11.3. The molecule has 0 aliphatic carbocycles. The summed E-state index contributed by atoms with van der Waals surface area (Å²) in [5.41, 5.74) is 1.61. The summed E-state index contributed by atoms with van der Waals surface area (Å²) >= 11 is 5.52. The highest BCUT2D eigenvalue weighted by Gasteiger charge is 2.11. The lowest BCUT2D eigenvalue weighted by atomic mass is 10.2. The Labute approximate surface area is 125 Å². The summed E-state index contributed by atoms with van der Waals surface area (Å²) in [5.74, 6) is 0.249. The van der Waals surface area contributed by atoms with Crippen LogP contribution in [0.15, 0.2) is 18.2 Å². The van der Waals surface area contributed by atoms with Crippen molar-refractivity contribution in [1.29, 1.82) is 0 Å². The normalized spacial score (nSPS) is 10.4. The van der Waals surface area contributed by atoms with Crippen molar-refractivity contribution >= 4 is 40.6 Å². The maximum Gasteiger partial charge on any atom is 0.413 e. The monoisotopic (exact) mass is 311 g/mol. The van der Waals surface area contributed by atoms with Crippen LogP contribution in [0, 0.1) is 0 Å². The maximum absolute atomic E-state index is 11.8. The third-order valence-electron chi connectivity index (χ3n) is 2.63. The summed E-state index contributed by atoms with van der Waals surface area (Å²) in [7, 11) is 1.26. The van der Waals surface area contributed by atoms with Crippen molar-refractivity contribution in [2.45, 2.75) is 6.42 Å². The number of nitrogens with zero attached hydrogens (tertiary/aromatic N) is 1. The molecule has 0 bridgehead atoms. The summed E-state index contributed by atoms with van der Waals surface area (Å²) in [6.45, 7) is 0.276. The number of rotatable bonds is 5. The lowest BCUT2D eigenvalue weighted by molar-refractivity contribution is 0.0506. The number of ether oxygens (including phenoxy) is 2. The standard InChI is InChI=1S/C13H14ClN3O4/c1-20-13(19)17-12-15-9-4-3-8(7-10(9)16-12)11(18)21-6-2-5-14/h3-4,7H,2,5-6H2,1H3,(H2,15,16,17,19). The van der Waals surface area contributed by atoms with E-state index < -0.39 is 12.1 Å². The lowest BCUT2D eigenvalue weighted by Gasteiger charge is -2.03. The van der Waals surface area contributed by atoms with E-state index in [4.69, 9.17) is 16.3 Å². The van der Waals surface area contributed by atoms with Gasteiger partial charge in [-0.25, -0.2) is 14.6 Å². The number of benzene rings is 1. The van der Waals surface area contributed by atoms with Crippen LogP contribution in [-0.2, 0) is 9.47 Å². The van der Waals surface area contributed by atoms with Gasteiger partial charge in [0, 0.05) is 5.88 Å². The van der Waals surface area contributed by atoms with Crippen LogP contribution in [0.3, 0.4) is 0 Å². The summed E-state index contributed by atoms with van der Waals surface area (Å²) in [6.07, 6.45) is -0.0259. The number of anilines is 1. The molecule has 0 unspecified atom stereocenters. The maximum atomic E-state index is 11.8. The molecule has 7 nitrogen and oxygen atoms in total. The van der Waals surface area contributed by atoms with E-state index in [0.29, 0.717) is 28.9 Å². The number of methoxy groups -OCH3 is 1. The van der Waals surface area contributed by atoms with Crippen molar-refractivity contribution in [1.82, 2.24) is 9.97 Å². The summed E-state index contributed by atoms with van der Waals surface area (Å²) < 4.78 is 9.53. The van der Waals surface area contributed by atoms with Crippen molar-refractivity contribution in [2.24, 2.45) is 0 Å². The third kappa shape index (κ3) is 3.85. The first-order chi connectivity index (χ1) is 10.1. The van der Waals surface area contributed by atoms with E-state index in [1.165, 1.54) is 7.11 Å². The highest BCUT2D eigenvalue weighted by molar-refractivity contribution is 6.17. The van der Waals surface area contributed by atoms with Crippen LogP contribution >= 0.6 is 11.6 Å². The number of carbonyl (C=O) groups is 2. The van der Waals surface area contributed by atoms with Gasteiger partial charge in [0.2, 0.25) is 5.95 Å². The molecule has 0 fully saturated rings. The van der Waals surface area contributed by atoms with Crippen LogP contribution in [0.1, 0.15) is 16.8 Å². The zero-order valence-corrected chi connectivity index (χ0v) is 12.1. The van der Waals surface area contributed by atoms with Gasteiger partial charge < -0.3 is 14.5 Å². The molecule has 8 heteroatoms. The first-order valence-corrected chi connectivity index (χ1v) is 6.75. The first kappa shape index (κ1) is 15.1. The topological polar surface area (TPSA) is 93.3 Å². The minimum Gasteiger partial charge on any atom is -0.462 e. The molecular weight excluding hydrogens is 298 g/mol. The van der Waals surface area contributed by atoms with Gasteiger partial charge in [-0.05, 0) is 24.6 Å². The number of nitrogens with one attached hydrogen (secondary N) is 2. The molecule has 0 radical (unpaired) electrons. The number of aromatic nitrogens is 2. The lowest BCUT2D eigenvalue weighted by Crippen LogP contribution is -2.11. The van der Waals surface area contributed by atoms with Crippen molar-refractivity contribution in [3.8, 4) is 0 Å². The molecule has 2 aromatic rings. The molecular formula is C13H14ClN3O4. The predicted octanol–water partition coefficient (Wildman–Crippen LogP) is 2.53. The molecule has 0 saturated carbocycles. The van der Waals surface area contributed by atoms with E-state index in [9.17, 15) is 9.59 Å². The molecule has 0 saturated heterocycles. The fraction of sp³-hybridized carbons (Fsp3) is 0.308. The van der Waals surface area contributed by atoms with Gasteiger partial charge in [-0.1, -0.05) is 0 Å². The molecule has 1 amide bonds. The minimum atomic E-state index is -0.630. The van der Waals surface area contributed by atoms with Gasteiger partial charge in [-0.15, -0.1) is 11.6 Å². The molecule has 1 heterocycles. The van der Waals surface area contributed by atoms with E-state index in [-0.39, 0.29) is 12.6 Å². The van der Waals surface area contributed by atoms with Crippen LogP contribution in [0.4, 0.5) is 10.7 Å². The second-order valence-corrected chi connectivity index (χ2v) is 4.49. The Bertz CT molecular complexity index is 656. The molecule has 0 spiro atoms. The summed E-state index contributed by atoms with van der Waals surface area (Å²) in [4.78, 5) is 29.9. The van der Waals surface area contributed by atoms with Gasteiger partial charge in [0.05, 0.1) is 30.3 Å². The van der Waals surface area contributed by atoms with Gasteiger partial charge in [-0.2, -0.15) is 0 Å². The number of hydrogen-bond donors (Lipinski definition) is 2. The summed E-state index contributed by atoms with van der Waals surface area (Å²) in [5, 5.41) is 2.41. The number of imidazole rings is 1. The second kappa shape index (κ2) is 6.94. The second-order valence-electron chi connectivity index (χ2n) is 4.11. The smallest absolute Gasteiger partial charge is 0.413 e. The van der Waals surface area contributed by atoms with E-state index in [1.54, 1.807) is 18.2 Å². The number of amides is 1. The molecule has 0 atom stereocenters. The van der Waals surface area contributed by atoms with Crippen molar-refractivity contribution in [3.63, 3.8) is 0 Å². The number of alkyl halides is 1.